The monoisotopic (exact) mass is 401 g/mol. The van der Waals surface area contributed by atoms with E-state index in [9.17, 15) is 9.59 Å². The molecule has 0 aromatic carbocycles. The summed E-state index contributed by atoms with van der Waals surface area (Å²) in [4.78, 5) is 34.0. The lowest BCUT2D eigenvalue weighted by Gasteiger charge is -2.37. The van der Waals surface area contributed by atoms with Gasteiger partial charge in [-0.05, 0) is 50.9 Å². The van der Waals surface area contributed by atoms with Crippen molar-refractivity contribution in [2.75, 3.05) is 19.6 Å². The number of fused-ring (bicyclic) bond motifs is 1. The predicted molar refractivity (Wildman–Crippen MR) is 111 cm³/mol. The minimum absolute atomic E-state index is 0.0584. The van der Waals surface area contributed by atoms with E-state index >= 15 is 0 Å². The van der Waals surface area contributed by atoms with Crippen molar-refractivity contribution in [1.82, 2.24) is 14.8 Å². The van der Waals surface area contributed by atoms with Gasteiger partial charge in [0.25, 0.3) is 5.91 Å². The SMILES string of the molecule is CC(C)C(=O)N1CCC(c2nc(C(=O)N3CCCC4CCCC=C43)cs2)CC1. The number of rotatable bonds is 3. The van der Waals surface area contributed by atoms with Gasteiger partial charge in [-0.25, -0.2) is 4.98 Å². The van der Waals surface area contributed by atoms with E-state index in [-0.39, 0.29) is 17.7 Å². The summed E-state index contributed by atoms with van der Waals surface area (Å²) in [5, 5.41) is 3.00. The molecule has 2 aliphatic heterocycles. The van der Waals surface area contributed by atoms with E-state index in [1.165, 1.54) is 25.0 Å². The van der Waals surface area contributed by atoms with E-state index in [0.717, 1.165) is 50.3 Å². The van der Waals surface area contributed by atoms with Gasteiger partial charge in [0, 0.05) is 42.5 Å². The van der Waals surface area contributed by atoms with Gasteiger partial charge in [-0.2, -0.15) is 0 Å². The van der Waals surface area contributed by atoms with Crippen LogP contribution in [0, 0.1) is 11.8 Å². The average molecular weight is 402 g/mol. The van der Waals surface area contributed by atoms with Crippen molar-refractivity contribution in [2.24, 2.45) is 11.8 Å². The lowest BCUT2D eigenvalue weighted by Crippen LogP contribution is -2.40. The first kappa shape index (κ1) is 19.6. The van der Waals surface area contributed by atoms with Gasteiger partial charge in [-0.1, -0.05) is 19.9 Å². The molecule has 3 aliphatic rings. The number of piperidine rings is 2. The van der Waals surface area contributed by atoms with E-state index < -0.39 is 0 Å². The summed E-state index contributed by atoms with van der Waals surface area (Å²) in [6, 6.07) is 0. The van der Waals surface area contributed by atoms with Crippen LogP contribution in [0.2, 0.25) is 0 Å². The van der Waals surface area contributed by atoms with Crippen LogP contribution in [0.4, 0.5) is 0 Å². The van der Waals surface area contributed by atoms with Crippen LogP contribution in [0.25, 0.3) is 0 Å². The summed E-state index contributed by atoms with van der Waals surface area (Å²) in [7, 11) is 0. The second kappa shape index (κ2) is 8.36. The van der Waals surface area contributed by atoms with E-state index in [2.05, 4.69) is 6.08 Å². The molecular formula is C22H31N3O2S. The number of hydrogen-bond donors (Lipinski definition) is 0. The van der Waals surface area contributed by atoms with Gasteiger partial charge in [0.15, 0.2) is 0 Å². The molecule has 5 nitrogen and oxygen atoms in total. The van der Waals surface area contributed by atoms with Crippen molar-refractivity contribution >= 4 is 23.2 Å². The maximum absolute atomic E-state index is 13.1. The summed E-state index contributed by atoms with van der Waals surface area (Å²) in [6.07, 6.45) is 10.0. The molecule has 28 heavy (non-hydrogen) atoms. The van der Waals surface area contributed by atoms with Gasteiger partial charge < -0.3 is 9.80 Å². The lowest BCUT2D eigenvalue weighted by molar-refractivity contribution is -0.135. The van der Waals surface area contributed by atoms with Crippen molar-refractivity contribution in [3.63, 3.8) is 0 Å². The zero-order valence-corrected chi connectivity index (χ0v) is 17.8. The number of nitrogens with zero attached hydrogens (tertiary/aromatic N) is 3. The Kier molecular flexibility index (Phi) is 5.85. The number of amides is 2. The van der Waals surface area contributed by atoms with Crippen LogP contribution in [0.5, 0.6) is 0 Å². The Morgan fingerprint density at radius 2 is 1.82 bits per heavy atom. The molecule has 1 aromatic heterocycles. The van der Waals surface area contributed by atoms with E-state index in [1.807, 2.05) is 29.0 Å². The molecule has 152 valence electrons. The quantitative estimate of drug-likeness (QED) is 0.753. The third kappa shape index (κ3) is 3.88. The van der Waals surface area contributed by atoms with Crippen LogP contribution in [0.1, 0.15) is 80.2 Å². The zero-order valence-electron chi connectivity index (χ0n) is 17.0. The third-order valence-corrected chi connectivity index (χ3v) is 7.42. The molecule has 1 unspecified atom stereocenters. The van der Waals surface area contributed by atoms with Crippen LogP contribution in [0.15, 0.2) is 17.2 Å². The second-order valence-corrected chi connectivity index (χ2v) is 9.57. The highest BCUT2D eigenvalue weighted by atomic mass is 32.1. The Morgan fingerprint density at radius 3 is 2.57 bits per heavy atom. The fourth-order valence-corrected chi connectivity index (χ4v) is 5.78. The first-order valence-corrected chi connectivity index (χ1v) is 11.7. The van der Waals surface area contributed by atoms with Gasteiger partial charge in [0.2, 0.25) is 5.91 Å². The van der Waals surface area contributed by atoms with Crippen molar-refractivity contribution in [2.45, 2.75) is 64.7 Å². The number of carbonyl (C=O) groups excluding carboxylic acids is 2. The van der Waals surface area contributed by atoms with Crippen molar-refractivity contribution in [1.29, 1.82) is 0 Å². The minimum Gasteiger partial charge on any atom is -0.342 e. The number of likely N-dealkylation sites (tertiary alicyclic amines) is 2. The predicted octanol–water partition coefficient (Wildman–Crippen LogP) is 4.43. The smallest absolute Gasteiger partial charge is 0.277 e. The summed E-state index contributed by atoms with van der Waals surface area (Å²) in [6.45, 7) is 6.33. The van der Waals surface area contributed by atoms with Gasteiger partial charge in [0.1, 0.15) is 5.69 Å². The summed E-state index contributed by atoms with van der Waals surface area (Å²) in [5.41, 5.74) is 1.85. The highest BCUT2D eigenvalue weighted by Crippen LogP contribution is 2.36. The largest absolute Gasteiger partial charge is 0.342 e. The molecule has 2 saturated heterocycles. The molecule has 0 spiro atoms. The fourth-order valence-electron chi connectivity index (χ4n) is 4.82. The highest BCUT2D eigenvalue weighted by Gasteiger charge is 2.33. The Hall–Kier alpha value is -1.69. The zero-order chi connectivity index (χ0) is 19.7. The first-order chi connectivity index (χ1) is 13.5. The Morgan fingerprint density at radius 1 is 1.07 bits per heavy atom. The molecular weight excluding hydrogens is 370 g/mol. The number of carbonyl (C=O) groups is 2. The number of hydrogen-bond acceptors (Lipinski definition) is 4. The highest BCUT2D eigenvalue weighted by molar-refractivity contribution is 7.09. The molecule has 2 amide bonds. The van der Waals surface area contributed by atoms with Gasteiger partial charge >= 0.3 is 0 Å². The Labute approximate surface area is 171 Å². The fraction of sp³-hybridized carbons (Fsp3) is 0.682. The lowest BCUT2D eigenvalue weighted by atomic mass is 9.85. The molecule has 3 heterocycles. The third-order valence-electron chi connectivity index (χ3n) is 6.41. The molecule has 1 aliphatic carbocycles. The second-order valence-electron chi connectivity index (χ2n) is 8.68. The number of allylic oxidation sites excluding steroid dienone is 2. The van der Waals surface area contributed by atoms with Gasteiger partial charge in [-0.15, -0.1) is 11.3 Å². The Balaban J connectivity index is 1.41. The van der Waals surface area contributed by atoms with E-state index in [1.54, 1.807) is 11.3 Å². The molecule has 1 aromatic rings. The van der Waals surface area contributed by atoms with Crippen LogP contribution in [-0.4, -0.2) is 46.2 Å². The molecule has 0 radical (unpaired) electrons. The molecule has 6 heteroatoms. The minimum atomic E-state index is 0.0584. The van der Waals surface area contributed by atoms with Gasteiger partial charge in [0.05, 0.1) is 5.01 Å². The molecule has 0 saturated carbocycles. The van der Waals surface area contributed by atoms with E-state index in [0.29, 0.717) is 17.5 Å². The average Bonchev–Trinajstić information content (AvgIpc) is 3.22. The van der Waals surface area contributed by atoms with Crippen LogP contribution in [-0.2, 0) is 4.79 Å². The summed E-state index contributed by atoms with van der Waals surface area (Å²) in [5.74, 6) is 1.31. The number of aromatic nitrogens is 1. The summed E-state index contributed by atoms with van der Waals surface area (Å²) < 4.78 is 0. The van der Waals surface area contributed by atoms with Crippen LogP contribution in [0.3, 0.4) is 0 Å². The summed E-state index contributed by atoms with van der Waals surface area (Å²) >= 11 is 1.61. The molecule has 4 rings (SSSR count). The molecule has 1 atom stereocenters. The van der Waals surface area contributed by atoms with Crippen molar-refractivity contribution in [3.8, 4) is 0 Å². The van der Waals surface area contributed by atoms with E-state index in [4.69, 9.17) is 4.98 Å². The molecule has 2 fully saturated rings. The topological polar surface area (TPSA) is 53.5 Å². The Bertz CT molecular complexity index is 762. The maximum Gasteiger partial charge on any atom is 0.277 e. The number of thiazole rings is 1. The normalized spacial score (nSPS) is 23.5. The molecule has 0 bridgehead atoms. The van der Waals surface area contributed by atoms with Crippen molar-refractivity contribution < 1.29 is 9.59 Å². The van der Waals surface area contributed by atoms with Crippen molar-refractivity contribution in [3.05, 3.63) is 27.9 Å². The molecule has 0 N–H and O–H groups in total. The maximum atomic E-state index is 13.1. The standard InChI is InChI=1S/C22H31N3O2S/c1-15(2)21(26)24-12-9-17(10-13-24)20-23-18(14-28-20)22(27)25-11-5-7-16-6-3-4-8-19(16)25/h8,14-17H,3-7,9-13H2,1-2H3. The van der Waals surface area contributed by atoms with Crippen LogP contribution < -0.4 is 0 Å². The van der Waals surface area contributed by atoms with Crippen LogP contribution >= 0.6 is 11.3 Å². The van der Waals surface area contributed by atoms with Gasteiger partial charge in [-0.3, -0.25) is 9.59 Å². The first-order valence-electron chi connectivity index (χ1n) is 10.8.